The minimum Gasteiger partial charge on any atom is -0.478 e. The van der Waals surface area contributed by atoms with E-state index in [0.29, 0.717) is 11.6 Å². The molecule has 3 heteroatoms. The van der Waals surface area contributed by atoms with Crippen molar-refractivity contribution in [3.63, 3.8) is 0 Å². The monoisotopic (exact) mass is 231 g/mol. The standard InChI is InChI=1S/C14H17NO2/c16-14(17)11-2-1-10-8-13(15-12-5-6-12)4-3-9(10)7-11/h1-2,7,12-13,15H,3-6,8H2,(H,16,17). The van der Waals surface area contributed by atoms with Crippen molar-refractivity contribution in [1.29, 1.82) is 0 Å². The number of nitrogens with one attached hydrogen (secondary N) is 1. The van der Waals surface area contributed by atoms with Crippen LogP contribution < -0.4 is 5.32 Å². The molecule has 17 heavy (non-hydrogen) atoms. The van der Waals surface area contributed by atoms with Gasteiger partial charge in [-0.2, -0.15) is 0 Å². The Morgan fingerprint density at radius 2 is 2.00 bits per heavy atom. The van der Waals surface area contributed by atoms with Gasteiger partial charge in [-0.1, -0.05) is 6.07 Å². The molecular formula is C14H17NO2. The van der Waals surface area contributed by atoms with Crippen molar-refractivity contribution in [3.8, 4) is 0 Å². The van der Waals surface area contributed by atoms with Crippen molar-refractivity contribution >= 4 is 5.97 Å². The van der Waals surface area contributed by atoms with Crippen LogP contribution in [0, 0.1) is 0 Å². The van der Waals surface area contributed by atoms with E-state index in [1.54, 1.807) is 6.07 Å². The molecule has 1 atom stereocenters. The van der Waals surface area contributed by atoms with Crippen LogP contribution in [0.25, 0.3) is 0 Å². The second kappa shape index (κ2) is 4.15. The molecule has 0 spiro atoms. The lowest BCUT2D eigenvalue weighted by molar-refractivity contribution is 0.0696. The molecule has 0 amide bonds. The zero-order valence-corrected chi connectivity index (χ0v) is 9.78. The Kier molecular flexibility index (Phi) is 2.63. The molecule has 90 valence electrons. The van der Waals surface area contributed by atoms with Crippen LogP contribution in [-0.2, 0) is 12.8 Å². The molecule has 1 saturated carbocycles. The van der Waals surface area contributed by atoms with Gasteiger partial charge in [-0.05, 0) is 55.4 Å². The maximum atomic E-state index is 10.9. The fourth-order valence-electron chi connectivity index (χ4n) is 2.61. The largest absolute Gasteiger partial charge is 0.478 e. The predicted octanol–water partition coefficient (Wildman–Crippen LogP) is 1.99. The molecule has 0 radical (unpaired) electrons. The van der Waals surface area contributed by atoms with Gasteiger partial charge in [-0.15, -0.1) is 0 Å². The number of hydrogen-bond donors (Lipinski definition) is 2. The summed E-state index contributed by atoms with van der Waals surface area (Å²) in [5, 5.41) is 12.6. The van der Waals surface area contributed by atoms with Crippen LogP contribution in [-0.4, -0.2) is 23.2 Å². The van der Waals surface area contributed by atoms with Crippen LogP contribution in [0.3, 0.4) is 0 Å². The van der Waals surface area contributed by atoms with E-state index in [2.05, 4.69) is 5.32 Å². The van der Waals surface area contributed by atoms with Gasteiger partial charge in [0.15, 0.2) is 0 Å². The number of hydrogen-bond acceptors (Lipinski definition) is 2. The van der Waals surface area contributed by atoms with Gasteiger partial charge in [-0.25, -0.2) is 4.79 Å². The van der Waals surface area contributed by atoms with Gasteiger partial charge in [-0.3, -0.25) is 0 Å². The number of carboxylic acid groups (broad SMARTS) is 1. The maximum Gasteiger partial charge on any atom is 0.335 e. The molecule has 3 rings (SSSR count). The lowest BCUT2D eigenvalue weighted by Crippen LogP contribution is -2.36. The van der Waals surface area contributed by atoms with Crippen LogP contribution in [0.15, 0.2) is 18.2 Å². The first-order chi connectivity index (χ1) is 8.22. The third-order valence-electron chi connectivity index (χ3n) is 3.73. The molecule has 0 aromatic heterocycles. The van der Waals surface area contributed by atoms with Gasteiger partial charge in [0.25, 0.3) is 0 Å². The minimum absolute atomic E-state index is 0.414. The zero-order chi connectivity index (χ0) is 11.8. The van der Waals surface area contributed by atoms with Crippen molar-refractivity contribution < 1.29 is 9.90 Å². The molecule has 3 nitrogen and oxygen atoms in total. The lowest BCUT2D eigenvalue weighted by atomic mass is 9.87. The van der Waals surface area contributed by atoms with Crippen molar-refractivity contribution in [2.75, 3.05) is 0 Å². The summed E-state index contributed by atoms with van der Waals surface area (Å²) in [6.45, 7) is 0. The average Bonchev–Trinajstić information content (AvgIpc) is 3.12. The topological polar surface area (TPSA) is 49.3 Å². The number of benzene rings is 1. The molecule has 1 aromatic rings. The first kappa shape index (κ1) is 10.8. The van der Waals surface area contributed by atoms with Crippen LogP contribution in [0.4, 0.5) is 0 Å². The van der Waals surface area contributed by atoms with Crippen LogP contribution >= 0.6 is 0 Å². The SMILES string of the molecule is O=C(O)c1ccc2c(c1)CCC(NC1CC1)C2. The van der Waals surface area contributed by atoms with Gasteiger partial charge in [0.1, 0.15) is 0 Å². The summed E-state index contributed by atoms with van der Waals surface area (Å²) in [6, 6.07) is 6.89. The highest BCUT2D eigenvalue weighted by molar-refractivity contribution is 5.87. The molecule has 1 aromatic carbocycles. The Hall–Kier alpha value is -1.35. The summed E-state index contributed by atoms with van der Waals surface area (Å²) >= 11 is 0. The van der Waals surface area contributed by atoms with Gasteiger partial charge in [0, 0.05) is 12.1 Å². The first-order valence-electron chi connectivity index (χ1n) is 6.33. The Labute approximate surface area is 101 Å². The maximum absolute atomic E-state index is 10.9. The van der Waals surface area contributed by atoms with E-state index in [0.717, 1.165) is 25.3 Å². The highest BCUT2D eigenvalue weighted by atomic mass is 16.4. The molecule has 0 aliphatic heterocycles. The van der Waals surface area contributed by atoms with Crippen molar-refractivity contribution in [2.45, 2.75) is 44.2 Å². The van der Waals surface area contributed by atoms with E-state index in [4.69, 9.17) is 5.11 Å². The molecule has 0 saturated heterocycles. The van der Waals surface area contributed by atoms with Crippen molar-refractivity contribution in [1.82, 2.24) is 5.32 Å². The molecule has 2 aliphatic carbocycles. The van der Waals surface area contributed by atoms with E-state index in [1.165, 1.54) is 24.0 Å². The smallest absolute Gasteiger partial charge is 0.335 e. The van der Waals surface area contributed by atoms with Crippen molar-refractivity contribution in [3.05, 3.63) is 34.9 Å². The number of carbonyl (C=O) groups is 1. The molecule has 0 heterocycles. The Balaban J connectivity index is 1.76. The van der Waals surface area contributed by atoms with E-state index in [9.17, 15) is 4.79 Å². The summed E-state index contributed by atoms with van der Waals surface area (Å²) in [4.78, 5) is 10.9. The third-order valence-corrected chi connectivity index (χ3v) is 3.73. The molecule has 2 N–H and O–H groups in total. The van der Waals surface area contributed by atoms with Gasteiger partial charge in [0.05, 0.1) is 5.56 Å². The van der Waals surface area contributed by atoms with Crippen LogP contribution in [0.5, 0.6) is 0 Å². The number of aryl methyl sites for hydroxylation is 1. The number of fused-ring (bicyclic) bond motifs is 1. The second-order valence-corrected chi connectivity index (χ2v) is 5.17. The van der Waals surface area contributed by atoms with E-state index >= 15 is 0 Å². The Morgan fingerprint density at radius 3 is 2.71 bits per heavy atom. The van der Waals surface area contributed by atoms with Crippen molar-refractivity contribution in [2.24, 2.45) is 0 Å². The number of carboxylic acids is 1. The average molecular weight is 231 g/mol. The van der Waals surface area contributed by atoms with Gasteiger partial charge < -0.3 is 10.4 Å². The molecular weight excluding hydrogens is 214 g/mol. The van der Waals surface area contributed by atoms with E-state index in [1.807, 2.05) is 12.1 Å². The number of rotatable bonds is 3. The fraction of sp³-hybridized carbons (Fsp3) is 0.500. The molecule has 2 aliphatic rings. The highest BCUT2D eigenvalue weighted by Crippen LogP contribution is 2.26. The van der Waals surface area contributed by atoms with Crippen LogP contribution in [0.1, 0.15) is 40.7 Å². The summed E-state index contributed by atoms with van der Waals surface area (Å²) in [6.07, 6.45) is 5.82. The summed E-state index contributed by atoms with van der Waals surface area (Å²) < 4.78 is 0. The summed E-state index contributed by atoms with van der Waals surface area (Å²) in [5.41, 5.74) is 2.95. The van der Waals surface area contributed by atoms with E-state index in [-0.39, 0.29) is 0 Å². The lowest BCUT2D eigenvalue weighted by Gasteiger charge is -2.25. The van der Waals surface area contributed by atoms with Gasteiger partial charge >= 0.3 is 5.97 Å². The minimum atomic E-state index is -0.828. The third kappa shape index (κ3) is 2.34. The predicted molar refractivity (Wildman–Crippen MR) is 65.4 cm³/mol. The zero-order valence-electron chi connectivity index (χ0n) is 9.78. The van der Waals surface area contributed by atoms with Crippen LogP contribution in [0.2, 0.25) is 0 Å². The normalized spacial score (nSPS) is 23.2. The number of aromatic carboxylic acids is 1. The molecule has 1 unspecified atom stereocenters. The molecule has 1 fully saturated rings. The van der Waals surface area contributed by atoms with Gasteiger partial charge in [0.2, 0.25) is 0 Å². The Bertz CT molecular complexity index is 452. The first-order valence-corrected chi connectivity index (χ1v) is 6.33. The quantitative estimate of drug-likeness (QED) is 0.836. The summed E-state index contributed by atoms with van der Waals surface area (Å²) in [7, 11) is 0. The molecule has 0 bridgehead atoms. The second-order valence-electron chi connectivity index (χ2n) is 5.17. The Morgan fingerprint density at radius 1 is 1.18 bits per heavy atom. The fourth-order valence-corrected chi connectivity index (χ4v) is 2.61. The highest BCUT2D eigenvalue weighted by Gasteiger charge is 2.27. The van der Waals surface area contributed by atoms with E-state index < -0.39 is 5.97 Å². The summed E-state index contributed by atoms with van der Waals surface area (Å²) in [5.74, 6) is -0.828.